The van der Waals surface area contributed by atoms with Gasteiger partial charge < -0.3 is 16.0 Å². The first-order valence-corrected chi connectivity index (χ1v) is 6.87. The maximum atomic E-state index is 13.1. The van der Waals surface area contributed by atoms with Crippen molar-refractivity contribution in [1.82, 2.24) is 5.32 Å². The summed E-state index contributed by atoms with van der Waals surface area (Å²) in [4.78, 5) is 11.9. The van der Waals surface area contributed by atoms with E-state index in [-0.39, 0.29) is 24.3 Å². The largest absolute Gasteiger partial charge is 0.323 e. The fourth-order valence-corrected chi connectivity index (χ4v) is 2.41. The fraction of sp³-hybridized carbons (Fsp3) is 0.188. The van der Waals surface area contributed by atoms with Gasteiger partial charge in [-0.3, -0.25) is 0 Å². The zero-order valence-corrected chi connectivity index (χ0v) is 12.7. The molecule has 0 aliphatic carbocycles. The van der Waals surface area contributed by atoms with E-state index in [0.29, 0.717) is 5.69 Å². The van der Waals surface area contributed by atoms with E-state index < -0.39 is 0 Å². The lowest BCUT2D eigenvalue weighted by atomic mass is 10.0. The highest BCUT2D eigenvalue weighted by Gasteiger charge is 2.10. The molecule has 0 saturated heterocycles. The molecule has 1 aliphatic heterocycles. The summed E-state index contributed by atoms with van der Waals surface area (Å²) in [5, 5.41) is 8.68. The highest BCUT2D eigenvalue weighted by atomic mass is 35.5. The number of hydrogen-bond acceptors (Lipinski definition) is 2. The summed E-state index contributed by atoms with van der Waals surface area (Å²) >= 11 is 0. The van der Waals surface area contributed by atoms with Crippen LogP contribution in [0.25, 0.3) is 0 Å². The van der Waals surface area contributed by atoms with Crippen LogP contribution in [-0.4, -0.2) is 12.6 Å². The number of halogens is 2. The van der Waals surface area contributed by atoms with Crippen molar-refractivity contribution in [3.8, 4) is 0 Å². The van der Waals surface area contributed by atoms with Crippen LogP contribution in [0, 0.1) is 5.82 Å². The number of rotatable bonds is 2. The van der Waals surface area contributed by atoms with E-state index in [0.717, 1.165) is 25.2 Å². The molecule has 0 radical (unpaired) electrons. The average Bonchev–Trinajstić information content (AvgIpc) is 2.47. The van der Waals surface area contributed by atoms with Crippen molar-refractivity contribution < 1.29 is 9.18 Å². The van der Waals surface area contributed by atoms with Gasteiger partial charge in [-0.05, 0) is 54.4 Å². The fourth-order valence-electron chi connectivity index (χ4n) is 2.41. The van der Waals surface area contributed by atoms with Gasteiger partial charge in [-0.25, -0.2) is 9.18 Å². The molecule has 2 aromatic carbocycles. The highest BCUT2D eigenvalue weighted by molar-refractivity contribution is 5.99. The Labute approximate surface area is 134 Å². The van der Waals surface area contributed by atoms with Gasteiger partial charge in [-0.2, -0.15) is 0 Å². The van der Waals surface area contributed by atoms with E-state index in [9.17, 15) is 9.18 Å². The van der Waals surface area contributed by atoms with Crippen LogP contribution in [0.2, 0.25) is 0 Å². The molecule has 6 heteroatoms. The summed E-state index contributed by atoms with van der Waals surface area (Å²) in [6, 6.07) is 11.3. The first-order chi connectivity index (χ1) is 10.2. The van der Waals surface area contributed by atoms with Crippen LogP contribution in [0.4, 0.5) is 20.6 Å². The molecule has 0 atom stereocenters. The first-order valence-electron chi connectivity index (χ1n) is 6.87. The predicted molar refractivity (Wildman–Crippen MR) is 88.1 cm³/mol. The standard InChI is InChI=1S/C16H16FN3O.ClH/c17-13-2-1-3-14(9-13)19-16(21)20-15-5-4-12-10-18-7-6-11(12)8-15;/h1-5,8-9,18H,6-7,10H2,(H2,19,20,21);1H. The van der Waals surface area contributed by atoms with Crippen LogP contribution in [0.5, 0.6) is 0 Å². The molecule has 2 amide bonds. The molecule has 3 rings (SSSR count). The highest BCUT2D eigenvalue weighted by Crippen LogP contribution is 2.19. The van der Waals surface area contributed by atoms with Crippen molar-refractivity contribution in [1.29, 1.82) is 0 Å². The maximum Gasteiger partial charge on any atom is 0.323 e. The zero-order valence-electron chi connectivity index (χ0n) is 11.9. The second-order valence-corrected chi connectivity index (χ2v) is 5.00. The number of carbonyl (C=O) groups is 1. The van der Waals surface area contributed by atoms with Gasteiger partial charge in [0.15, 0.2) is 0 Å². The molecule has 2 aromatic rings. The van der Waals surface area contributed by atoms with Crippen molar-refractivity contribution in [2.45, 2.75) is 13.0 Å². The van der Waals surface area contributed by atoms with E-state index in [1.165, 1.54) is 23.3 Å². The third-order valence-electron chi connectivity index (χ3n) is 3.43. The molecule has 1 aliphatic rings. The molecule has 0 spiro atoms. The minimum atomic E-state index is -0.380. The number of urea groups is 1. The lowest BCUT2D eigenvalue weighted by Gasteiger charge is -2.18. The van der Waals surface area contributed by atoms with Crippen LogP contribution in [0.3, 0.4) is 0 Å². The summed E-state index contributed by atoms with van der Waals surface area (Å²) in [5.41, 5.74) is 3.67. The molecule has 0 aromatic heterocycles. The van der Waals surface area contributed by atoms with Gasteiger partial charge in [-0.15, -0.1) is 12.4 Å². The van der Waals surface area contributed by atoms with Gasteiger partial charge in [0.05, 0.1) is 0 Å². The molecule has 4 nitrogen and oxygen atoms in total. The smallest absolute Gasteiger partial charge is 0.312 e. The monoisotopic (exact) mass is 321 g/mol. The Balaban J connectivity index is 0.00000176. The van der Waals surface area contributed by atoms with Gasteiger partial charge >= 0.3 is 6.03 Å². The minimum absolute atomic E-state index is 0. The SMILES string of the molecule is Cl.O=C(Nc1cccc(F)c1)Nc1ccc2c(c1)CCNC2. The van der Waals surface area contributed by atoms with E-state index in [1.54, 1.807) is 12.1 Å². The second kappa shape index (κ2) is 7.24. The molecule has 0 saturated carbocycles. The number of hydrogen-bond donors (Lipinski definition) is 3. The van der Waals surface area contributed by atoms with Crippen molar-refractivity contribution >= 4 is 29.8 Å². The van der Waals surface area contributed by atoms with Crippen molar-refractivity contribution in [2.24, 2.45) is 0 Å². The molecule has 3 N–H and O–H groups in total. The number of anilines is 2. The molecule has 1 heterocycles. The van der Waals surface area contributed by atoms with Gasteiger partial charge in [0.25, 0.3) is 0 Å². The lowest BCUT2D eigenvalue weighted by molar-refractivity contribution is 0.262. The number of benzene rings is 2. The number of amides is 2. The number of carbonyl (C=O) groups excluding carboxylic acids is 1. The molecule has 116 valence electrons. The van der Waals surface area contributed by atoms with Crippen LogP contribution >= 0.6 is 12.4 Å². The molecule has 22 heavy (non-hydrogen) atoms. The third kappa shape index (κ3) is 3.96. The topological polar surface area (TPSA) is 53.2 Å². The van der Waals surface area contributed by atoms with E-state index >= 15 is 0 Å². The molecular formula is C16H17ClFN3O. The second-order valence-electron chi connectivity index (χ2n) is 5.00. The summed E-state index contributed by atoms with van der Waals surface area (Å²) < 4.78 is 13.1. The molecule has 0 fully saturated rings. The van der Waals surface area contributed by atoms with Crippen LogP contribution in [0.1, 0.15) is 11.1 Å². The van der Waals surface area contributed by atoms with Crippen LogP contribution < -0.4 is 16.0 Å². The van der Waals surface area contributed by atoms with Gasteiger partial charge in [-0.1, -0.05) is 12.1 Å². The number of nitrogens with one attached hydrogen (secondary N) is 3. The van der Waals surface area contributed by atoms with E-state index in [4.69, 9.17) is 0 Å². The average molecular weight is 322 g/mol. The van der Waals surface area contributed by atoms with Crippen LogP contribution in [-0.2, 0) is 13.0 Å². The quantitative estimate of drug-likeness (QED) is 0.792. The Morgan fingerprint density at radius 1 is 1.05 bits per heavy atom. The third-order valence-corrected chi connectivity index (χ3v) is 3.43. The van der Waals surface area contributed by atoms with Crippen molar-refractivity contribution in [2.75, 3.05) is 17.2 Å². The normalized spacial score (nSPS) is 12.8. The van der Waals surface area contributed by atoms with E-state index in [2.05, 4.69) is 16.0 Å². The Bertz CT molecular complexity index is 678. The summed E-state index contributed by atoms with van der Waals surface area (Å²) in [6.07, 6.45) is 0.955. The van der Waals surface area contributed by atoms with Crippen molar-refractivity contribution in [3.63, 3.8) is 0 Å². The van der Waals surface area contributed by atoms with Gasteiger partial charge in [0.1, 0.15) is 5.82 Å². The van der Waals surface area contributed by atoms with Gasteiger partial charge in [0, 0.05) is 17.9 Å². The van der Waals surface area contributed by atoms with Gasteiger partial charge in [0.2, 0.25) is 0 Å². The Hall–Kier alpha value is -2.11. The Kier molecular flexibility index (Phi) is 5.35. The van der Waals surface area contributed by atoms with Crippen LogP contribution in [0.15, 0.2) is 42.5 Å². The summed E-state index contributed by atoms with van der Waals surface area (Å²) in [6.45, 7) is 1.82. The van der Waals surface area contributed by atoms with E-state index in [1.807, 2.05) is 18.2 Å². The summed E-state index contributed by atoms with van der Waals surface area (Å²) in [5.74, 6) is -0.380. The van der Waals surface area contributed by atoms with Crippen molar-refractivity contribution in [3.05, 3.63) is 59.4 Å². The lowest BCUT2D eigenvalue weighted by Crippen LogP contribution is -2.24. The Morgan fingerprint density at radius 3 is 2.59 bits per heavy atom. The minimum Gasteiger partial charge on any atom is -0.312 e. The first kappa shape index (κ1) is 16.3. The summed E-state index contributed by atoms with van der Waals surface area (Å²) in [7, 11) is 0. The maximum absolute atomic E-state index is 13.1. The molecule has 0 unspecified atom stereocenters. The molecular weight excluding hydrogens is 305 g/mol. The number of fused-ring (bicyclic) bond motifs is 1. The predicted octanol–water partition coefficient (Wildman–Crippen LogP) is 3.54. The molecule has 0 bridgehead atoms. The Morgan fingerprint density at radius 2 is 1.82 bits per heavy atom. The zero-order chi connectivity index (χ0) is 14.7.